The molecule has 0 aliphatic carbocycles. The van der Waals surface area contributed by atoms with E-state index in [9.17, 15) is 4.39 Å². The second kappa shape index (κ2) is 7.87. The van der Waals surface area contributed by atoms with E-state index in [1.807, 2.05) is 19.1 Å². The van der Waals surface area contributed by atoms with Crippen LogP contribution in [0.25, 0.3) is 0 Å². The van der Waals surface area contributed by atoms with Gasteiger partial charge in [-0.1, -0.05) is 11.6 Å². The van der Waals surface area contributed by atoms with E-state index in [0.29, 0.717) is 18.9 Å². The van der Waals surface area contributed by atoms with Crippen LogP contribution in [0.3, 0.4) is 0 Å². The molecule has 22 heavy (non-hydrogen) atoms. The Bertz CT molecular complexity index is 667. The molecule has 0 aliphatic heterocycles. The smallest absolute Gasteiger partial charge is 0.174 e. The molecular formula is C16H16ClFINO2. The Morgan fingerprint density at radius 1 is 1.27 bits per heavy atom. The highest BCUT2D eigenvalue weighted by molar-refractivity contribution is 14.1. The highest BCUT2D eigenvalue weighted by atomic mass is 127. The summed E-state index contributed by atoms with van der Waals surface area (Å²) < 4.78 is 25.1. The van der Waals surface area contributed by atoms with Gasteiger partial charge in [-0.15, -0.1) is 0 Å². The summed E-state index contributed by atoms with van der Waals surface area (Å²) in [6.07, 6.45) is 0. The van der Waals surface area contributed by atoms with E-state index in [-0.39, 0.29) is 5.02 Å². The standard InChI is InChI=1S/C16H16ClFINO2/c1-3-22-16-14(19)6-10(7-15(16)21-2)9-20-11-4-5-13(18)12(17)8-11/h4-8,20H,3,9H2,1-2H3. The second-order valence-corrected chi connectivity index (χ2v) is 6.09. The number of methoxy groups -OCH3 is 1. The van der Waals surface area contributed by atoms with Crippen LogP contribution < -0.4 is 14.8 Å². The summed E-state index contributed by atoms with van der Waals surface area (Å²) in [5, 5.41) is 3.31. The number of rotatable bonds is 6. The lowest BCUT2D eigenvalue weighted by atomic mass is 10.2. The van der Waals surface area contributed by atoms with Crippen LogP contribution in [-0.2, 0) is 6.54 Å². The molecule has 0 fully saturated rings. The van der Waals surface area contributed by atoms with Crippen LogP contribution in [0.1, 0.15) is 12.5 Å². The summed E-state index contributed by atoms with van der Waals surface area (Å²) in [4.78, 5) is 0. The first kappa shape index (κ1) is 17.1. The first-order valence-corrected chi connectivity index (χ1v) is 8.19. The number of nitrogens with one attached hydrogen (secondary N) is 1. The van der Waals surface area contributed by atoms with Crippen LogP contribution in [0.5, 0.6) is 11.5 Å². The maximum Gasteiger partial charge on any atom is 0.174 e. The molecule has 2 aromatic rings. The quantitative estimate of drug-likeness (QED) is 0.640. The van der Waals surface area contributed by atoms with E-state index in [1.165, 1.54) is 6.07 Å². The molecule has 2 aromatic carbocycles. The van der Waals surface area contributed by atoms with Crippen molar-refractivity contribution in [1.82, 2.24) is 0 Å². The van der Waals surface area contributed by atoms with Gasteiger partial charge in [-0.05, 0) is 65.4 Å². The van der Waals surface area contributed by atoms with E-state index in [2.05, 4.69) is 27.9 Å². The zero-order valence-corrected chi connectivity index (χ0v) is 15.2. The molecule has 0 aliphatic rings. The fourth-order valence-electron chi connectivity index (χ4n) is 1.97. The normalized spacial score (nSPS) is 10.4. The fourth-order valence-corrected chi connectivity index (χ4v) is 2.97. The highest BCUT2D eigenvalue weighted by Crippen LogP contribution is 2.34. The Kier molecular flexibility index (Phi) is 6.14. The van der Waals surface area contributed by atoms with Gasteiger partial charge in [-0.2, -0.15) is 0 Å². The average molecular weight is 436 g/mol. The molecule has 118 valence electrons. The molecule has 0 spiro atoms. The minimum Gasteiger partial charge on any atom is -0.493 e. The van der Waals surface area contributed by atoms with Crippen molar-refractivity contribution in [3.8, 4) is 11.5 Å². The maximum atomic E-state index is 13.1. The van der Waals surface area contributed by atoms with Gasteiger partial charge in [-0.25, -0.2) is 4.39 Å². The Morgan fingerprint density at radius 2 is 2.05 bits per heavy atom. The van der Waals surface area contributed by atoms with Gasteiger partial charge >= 0.3 is 0 Å². The summed E-state index contributed by atoms with van der Waals surface area (Å²) in [6, 6.07) is 8.50. The fraction of sp³-hybridized carbons (Fsp3) is 0.250. The van der Waals surface area contributed by atoms with Crippen molar-refractivity contribution in [1.29, 1.82) is 0 Å². The number of hydrogen-bond acceptors (Lipinski definition) is 3. The Hall–Kier alpha value is -1.21. The van der Waals surface area contributed by atoms with Gasteiger partial charge in [0.05, 0.1) is 22.3 Å². The van der Waals surface area contributed by atoms with E-state index in [4.69, 9.17) is 21.1 Å². The molecule has 1 N–H and O–H groups in total. The lowest BCUT2D eigenvalue weighted by molar-refractivity contribution is 0.308. The lowest BCUT2D eigenvalue weighted by Gasteiger charge is -2.14. The summed E-state index contributed by atoms with van der Waals surface area (Å²) in [5.41, 5.74) is 1.79. The van der Waals surface area contributed by atoms with Crippen molar-refractivity contribution in [2.75, 3.05) is 19.0 Å². The first-order chi connectivity index (χ1) is 10.5. The van der Waals surface area contributed by atoms with Crippen molar-refractivity contribution in [2.45, 2.75) is 13.5 Å². The molecule has 0 bridgehead atoms. The number of ether oxygens (including phenoxy) is 2. The van der Waals surface area contributed by atoms with Crippen LogP contribution in [0.4, 0.5) is 10.1 Å². The SMILES string of the molecule is CCOc1c(I)cc(CNc2ccc(F)c(Cl)c2)cc1OC. The Morgan fingerprint density at radius 3 is 2.68 bits per heavy atom. The third-order valence-corrected chi connectivity index (χ3v) is 4.09. The molecule has 2 rings (SSSR count). The van der Waals surface area contributed by atoms with E-state index < -0.39 is 5.82 Å². The minimum atomic E-state index is -0.426. The zero-order chi connectivity index (χ0) is 16.1. The summed E-state index contributed by atoms with van der Waals surface area (Å²) >= 11 is 7.99. The monoisotopic (exact) mass is 435 g/mol. The summed E-state index contributed by atoms with van der Waals surface area (Å²) in [7, 11) is 1.62. The molecule has 0 aromatic heterocycles. The van der Waals surface area contributed by atoms with Crippen molar-refractivity contribution < 1.29 is 13.9 Å². The zero-order valence-electron chi connectivity index (χ0n) is 12.3. The first-order valence-electron chi connectivity index (χ1n) is 6.73. The molecular weight excluding hydrogens is 420 g/mol. The van der Waals surface area contributed by atoms with E-state index in [0.717, 1.165) is 20.6 Å². The molecule has 0 heterocycles. The largest absolute Gasteiger partial charge is 0.493 e. The van der Waals surface area contributed by atoms with Crippen molar-refractivity contribution in [3.63, 3.8) is 0 Å². The molecule has 0 atom stereocenters. The maximum absolute atomic E-state index is 13.1. The summed E-state index contributed by atoms with van der Waals surface area (Å²) in [6.45, 7) is 3.09. The van der Waals surface area contributed by atoms with Crippen molar-refractivity contribution in [2.24, 2.45) is 0 Å². The van der Waals surface area contributed by atoms with E-state index >= 15 is 0 Å². The highest BCUT2D eigenvalue weighted by Gasteiger charge is 2.11. The predicted molar refractivity (Wildman–Crippen MR) is 95.6 cm³/mol. The molecule has 0 amide bonds. The molecule has 3 nitrogen and oxygen atoms in total. The topological polar surface area (TPSA) is 30.5 Å². The molecule has 6 heteroatoms. The van der Waals surface area contributed by atoms with E-state index in [1.54, 1.807) is 19.2 Å². The van der Waals surface area contributed by atoms with Crippen molar-refractivity contribution in [3.05, 3.63) is 50.3 Å². The van der Waals surface area contributed by atoms with Crippen LogP contribution in [0, 0.1) is 9.39 Å². The number of benzene rings is 2. The number of halogens is 3. The van der Waals surface area contributed by atoms with Gasteiger partial charge in [-0.3, -0.25) is 0 Å². The molecule has 0 radical (unpaired) electrons. The van der Waals surface area contributed by atoms with Gasteiger partial charge in [0.15, 0.2) is 11.5 Å². The average Bonchev–Trinajstić information content (AvgIpc) is 2.50. The van der Waals surface area contributed by atoms with Gasteiger partial charge < -0.3 is 14.8 Å². The number of anilines is 1. The molecule has 0 unspecified atom stereocenters. The predicted octanol–water partition coefficient (Wildman–Crippen LogP) is 5.10. The second-order valence-electron chi connectivity index (χ2n) is 4.52. The van der Waals surface area contributed by atoms with Gasteiger partial charge in [0.2, 0.25) is 0 Å². The third kappa shape index (κ3) is 4.16. The minimum absolute atomic E-state index is 0.101. The number of hydrogen-bond donors (Lipinski definition) is 1. The van der Waals surface area contributed by atoms with Crippen LogP contribution in [0.15, 0.2) is 30.3 Å². The van der Waals surface area contributed by atoms with Crippen LogP contribution in [-0.4, -0.2) is 13.7 Å². The Labute approximate surface area is 147 Å². The van der Waals surface area contributed by atoms with Gasteiger partial charge in [0.25, 0.3) is 0 Å². The third-order valence-electron chi connectivity index (χ3n) is 2.99. The van der Waals surface area contributed by atoms with Crippen molar-refractivity contribution >= 4 is 39.9 Å². The van der Waals surface area contributed by atoms with Crippen LogP contribution in [0.2, 0.25) is 5.02 Å². The summed E-state index contributed by atoms with van der Waals surface area (Å²) in [5.74, 6) is 1.02. The Balaban J connectivity index is 2.15. The van der Waals surface area contributed by atoms with Crippen LogP contribution >= 0.6 is 34.2 Å². The van der Waals surface area contributed by atoms with Gasteiger partial charge in [0, 0.05) is 12.2 Å². The molecule has 0 saturated heterocycles. The molecule has 0 saturated carbocycles. The van der Waals surface area contributed by atoms with Gasteiger partial charge in [0.1, 0.15) is 5.82 Å². The lowest BCUT2D eigenvalue weighted by Crippen LogP contribution is -2.03.